The number of rotatable bonds is 4. The van der Waals surface area contributed by atoms with Gasteiger partial charge in [0.15, 0.2) is 0 Å². The number of piperidine rings is 1. The Morgan fingerprint density at radius 2 is 1.79 bits per heavy atom. The number of hydrogen-bond donors (Lipinski definition) is 0. The molecule has 0 atom stereocenters. The van der Waals surface area contributed by atoms with Crippen LogP contribution in [0.4, 0.5) is 0 Å². The van der Waals surface area contributed by atoms with Crippen molar-refractivity contribution in [3.8, 4) is 0 Å². The molecule has 4 rings (SSSR count). The molecule has 5 heteroatoms. The third-order valence-corrected chi connectivity index (χ3v) is 5.42. The lowest BCUT2D eigenvalue weighted by molar-refractivity contribution is -0.148. The van der Waals surface area contributed by atoms with Gasteiger partial charge in [0.1, 0.15) is 5.54 Å². The summed E-state index contributed by atoms with van der Waals surface area (Å²) < 4.78 is 1.91. The van der Waals surface area contributed by atoms with E-state index >= 15 is 0 Å². The van der Waals surface area contributed by atoms with E-state index in [4.69, 9.17) is 0 Å². The van der Waals surface area contributed by atoms with Crippen LogP contribution in [0, 0.1) is 0 Å². The zero-order valence-electron chi connectivity index (χ0n) is 14.0. The zero-order valence-corrected chi connectivity index (χ0v) is 14.0. The van der Waals surface area contributed by atoms with Crippen molar-refractivity contribution in [2.75, 3.05) is 26.2 Å². The first-order valence-electron chi connectivity index (χ1n) is 8.84. The second-order valence-electron chi connectivity index (χ2n) is 6.89. The second-order valence-corrected chi connectivity index (χ2v) is 6.89. The summed E-state index contributed by atoms with van der Waals surface area (Å²) in [5, 5.41) is 4.43. The fraction of sp³-hybridized carbons (Fsp3) is 0.474. The molecule has 0 saturated carbocycles. The Labute approximate surface area is 142 Å². The van der Waals surface area contributed by atoms with Crippen LogP contribution < -0.4 is 0 Å². The highest BCUT2D eigenvalue weighted by molar-refractivity contribution is 5.85. The largest absolute Gasteiger partial charge is 0.340 e. The third-order valence-electron chi connectivity index (χ3n) is 5.42. The van der Waals surface area contributed by atoms with Crippen molar-refractivity contribution in [2.24, 2.45) is 0 Å². The van der Waals surface area contributed by atoms with E-state index in [1.807, 2.05) is 27.9 Å². The van der Waals surface area contributed by atoms with Crippen LogP contribution in [-0.2, 0) is 16.9 Å². The lowest BCUT2D eigenvalue weighted by atomic mass is 9.85. The summed E-state index contributed by atoms with van der Waals surface area (Å²) in [6, 6.07) is 12.5. The Morgan fingerprint density at radius 1 is 1.04 bits per heavy atom. The van der Waals surface area contributed by atoms with E-state index in [-0.39, 0.29) is 5.91 Å². The lowest BCUT2D eigenvalue weighted by Gasteiger charge is -2.45. The molecule has 126 valence electrons. The predicted octanol–water partition coefficient (Wildman–Crippen LogP) is 2.11. The van der Waals surface area contributed by atoms with Gasteiger partial charge in [0.05, 0.1) is 0 Å². The van der Waals surface area contributed by atoms with Crippen molar-refractivity contribution in [3.05, 3.63) is 54.4 Å². The predicted molar refractivity (Wildman–Crippen MR) is 92.4 cm³/mol. The van der Waals surface area contributed by atoms with Gasteiger partial charge in [-0.15, -0.1) is 0 Å². The molecule has 2 saturated heterocycles. The average Bonchev–Trinajstić information content (AvgIpc) is 3.10. The molecule has 2 aromatic rings. The number of hydrogen-bond acceptors (Lipinski definition) is 3. The molecule has 0 spiro atoms. The van der Waals surface area contributed by atoms with Crippen LogP contribution in [0.15, 0.2) is 48.8 Å². The van der Waals surface area contributed by atoms with Gasteiger partial charge in [-0.3, -0.25) is 14.4 Å². The molecular formula is C19H24N4O. The fourth-order valence-corrected chi connectivity index (χ4v) is 3.80. The molecule has 0 bridgehead atoms. The minimum atomic E-state index is -0.489. The molecule has 24 heavy (non-hydrogen) atoms. The monoisotopic (exact) mass is 324 g/mol. The number of carbonyl (C=O) groups is 1. The first-order valence-corrected chi connectivity index (χ1v) is 8.84. The molecular weight excluding hydrogens is 300 g/mol. The minimum absolute atomic E-state index is 0.261. The summed E-state index contributed by atoms with van der Waals surface area (Å²) >= 11 is 0. The van der Waals surface area contributed by atoms with Gasteiger partial charge in [-0.25, -0.2) is 0 Å². The van der Waals surface area contributed by atoms with Crippen LogP contribution in [0.25, 0.3) is 0 Å². The fourth-order valence-electron chi connectivity index (χ4n) is 3.80. The molecule has 2 aliphatic heterocycles. The van der Waals surface area contributed by atoms with Gasteiger partial charge in [0, 0.05) is 45.1 Å². The van der Waals surface area contributed by atoms with Crippen LogP contribution in [0.5, 0.6) is 0 Å². The maximum atomic E-state index is 13.1. The van der Waals surface area contributed by atoms with Gasteiger partial charge < -0.3 is 4.90 Å². The molecule has 1 aromatic heterocycles. The first kappa shape index (κ1) is 15.4. The summed E-state index contributed by atoms with van der Waals surface area (Å²) in [6.45, 7) is 4.60. The van der Waals surface area contributed by atoms with E-state index in [2.05, 4.69) is 34.3 Å². The highest BCUT2D eigenvalue weighted by atomic mass is 16.2. The van der Waals surface area contributed by atoms with Gasteiger partial charge in [-0.2, -0.15) is 5.10 Å². The van der Waals surface area contributed by atoms with Crippen LogP contribution in [0.2, 0.25) is 0 Å². The second kappa shape index (κ2) is 6.40. The molecule has 3 heterocycles. The van der Waals surface area contributed by atoms with Crippen molar-refractivity contribution in [1.82, 2.24) is 19.6 Å². The summed E-state index contributed by atoms with van der Waals surface area (Å²) in [4.78, 5) is 17.6. The van der Waals surface area contributed by atoms with Crippen molar-refractivity contribution in [2.45, 2.75) is 31.3 Å². The van der Waals surface area contributed by atoms with Gasteiger partial charge >= 0.3 is 0 Å². The van der Waals surface area contributed by atoms with Crippen molar-refractivity contribution in [1.29, 1.82) is 0 Å². The van der Waals surface area contributed by atoms with E-state index < -0.39 is 5.54 Å². The number of likely N-dealkylation sites (tertiary alicyclic amines) is 2. The van der Waals surface area contributed by atoms with Crippen molar-refractivity contribution in [3.63, 3.8) is 0 Å². The summed E-state index contributed by atoms with van der Waals surface area (Å²) in [6.07, 6.45) is 6.51. The Balaban J connectivity index is 1.49. The Morgan fingerprint density at radius 3 is 2.38 bits per heavy atom. The average molecular weight is 324 g/mol. The van der Waals surface area contributed by atoms with Crippen molar-refractivity contribution >= 4 is 5.91 Å². The van der Waals surface area contributed by atoms with Gasteiger partial charge in [0.2, 0.25) is 0 Å². The molecule has 2 aliphatic rings. The van der Waals surface area contributed by atoms with E-state index in [9.17, 15) is 4.79 Å². The molecule has 0 aliphatic carbocycles. The summed E-state index contributed by atoms with van der Waals surface area (Å²) in [7, 11) is 0. The topological polar surface area (TPSA) is 41.4 Å². The summed E-state index contributed by atoms with van der Waals surface area (Å²) in [5.41, 5.74) is 0.843. The number of amides is 1. The summed E-state index contributed by atoms with van der Waals surface area (Å²) in [5.74, 6) is 0.261. The van der Waals surface area contributed by atoms with Crippen LogP contribution in [-0.4, -0.2) is 51.7 Å². The highest BCUT2D eigenvalue weighted by Crippen LogP contribution is 2.33. The molecule has 0 radical (unpaired) electrons. The molecule has 0 N–H and O–H groups in total. The Hall–Kier alpha value is -2.14. The molecule has 5 nitrogen and oxygen atoms in total. The maximum Gasteiger partial charge on any atom is 0.250 e. The number of benzene rings is 1. The Kier molecular flexibility index (Phi) is 4.10. The van der Waals surface area contributed by atoms with Crippen LogP contribution >= 0.6 is 0 Å². The van der Waals surface area contributed by atoms with Gasteiger partial charge in [0.25, 0.3) is 5.91 Å². The highest BCUT2D eigenvalue weighted by Gasteiger charge is 2.46. The minimum Gasteiger partial charge on any atom is -0.340 e. The number of aromatic nitrogens is 2. The maximum absolute atomic E-state index is 13.1. The Bertz CT molecular complexity index is 671. The van der Waals surface area contributed by atoms with E-state index in [1.165, 1.54) is 5.56 Å². The zero-order chi connectivity index (χ0) is 16.4. The van der Waals surface area contributed by atoms with Crippen LogP contribution in [0.1, 0.15) is 24.8 Å². The number of nitrogens with zero attached hydrogens (tertiary/aromatic N) is 4. The quantitative estimate of drug-likeness (QED) is 0.865. The lowest BCUT2D eigenvalue weighted by Crippen LogP contribution is -2.59. The van der Waals surface area contributed by atoms with E-state index in [1.54, 1.807) is 6.20 Å². The standard InChI is InChI=1S/C19H24N4O/c24-18(22-11-5-12-22)19(23-13-4-10-20-23)8-14-21(15-9-19)16-17-6-2-1-3-7-17/h1-4,6-7,10,13H,5,8-9,11-12,14-16H2. The normalized spacial score (nSPS) is 20.6. The molecule has 2 fully saturated rings. The third kappa shape index (κ3) is 2.73. The number of carbonyl (C=O) groups excluding carboxylic acids is 1. The van der Waals surface area contributed by atoms with Crippen LogP contribution in [0.3, 0.4) is 0 Å². The molecule has 1 aromatic carbocycles. The SMILES string of the molecule is O=C(N1CCC1)C1(n2cccn2)CCN(Cc2ccccc2)CC1. The van der Waals surface area contributed by atoms with Gasteiger partial charge in [-0.05, 0) is 30.9 Å². The first-order chi connectivity index (χ1) is 11.8. The smallest absolute Gasteiger partial charge is 0.250 e. The van der Waals surface area contributed by atoms with E-state index in [0.717, 1.165) is 52.0 Å². The van der Waals surface area contributed by atoms with Crippen molar-refractivity contribution < 1.29 is 4.79 Å². The van der Waals surface area contributed by atoms with E-state index in [0.29, 0.717) is 0 Å². The molecule has 0 unspecified atom stereocenters. The molecule has 1 amide bonds. The van der Waals surface area contributed by atoms with Gasteiger partial charge in [-0.1, -0.05) is 30.3 Å².